The largest absolute Gasteiger partial charge is 0.493 e. The standard InChI is InChI=1S/C26H25BrN2O5/c1-16-5-8-20(9-6-16)26(31)34-25-21(27)12-19(13-23(25)32-4)14-28-29-24(30)15-33-22-10-7-17(2)11-18(22)3/h5-14H,15H2,1-4H3,(H,29,30). The van der Waals surface area contributed by atoms with Crippen LogP contribution in [0.1, 0.15) is 32.6 Å². The van der Waals surface area contributed by atoms with E-state index in [0.29, 0.717) is 27.1 Å². The van der Waals surface area contributed by atoms with E-state index in [1.807, 2.05) is 51.1 Å². The van der Waals surface area contributed by atoms with Crippen LogP contribution in [0.4, 0.5) is 0 Å². The van der Waals surface area contributed by atoms with Gasteiger partial charge in [-0.15, -0.1) is 0 Å². The number of halogens is 1. The molecule has 0 spiro atoms. The van der Waals surface area contributed by atoms with Crippen LogP contribution >= 0.6 is 15.9 Å². The van der Waals surface area contributed by atoms with Gasteiger partial charge in [0, 0.05) is 0 Å². The quantitative estimate of drug-likeness (QED) is 0.191. The molecule has 0 radical (unpaired) electrons. The fraction of sp³-hybridized carbons (Fsp3) is 0.192. The van der Waals surface area contributed by atoms with Crippen molar-refractivity contribution in [2.24, 2.45) is 5.10 Å². The first-order valence-electron chi connectivity index (χ1n) is 10.4. The maximum Gasteiger partial charge on any atom is 0.343 e. The molecule has 3 rings (SSSR count). The van der Waals surface area contributed by atoms with Crippen LogP contribution in [-0.4, -0.2) is 31.8 Å². The Bertz CT molecular complexity index is 1220. The van der Waals surface area contributed by atoms with Gasteiger partial charge in [-0.3, -0.25) is 4.79 Å². The summed E-state index contributed by atoms with van der Waals surface area (Å²) in [6.45, 7) is 5.69. The van der Waals surface area contributed by atoms with E-state index in [9.17, 15) is 9.59 Å². The number of nitrogens with one attached hydrogen (secondary N) is 1. The molecule has 0 fully saturated rings. The number of hydrogen-bond acceptors (Lipinski definition) is 6. The molecular formula is C26H25BrN2O5. The van der Waals surface area contributed by atoms with E-state index in [0.717, 1.165) is 16.7 Å². The van der Waals surface area contributed by atoms with E-state index < -0.39 is 11.9 Å². The fourth-order valence-electron chi connectivity index (χ4n) is 3.07. The highest BCUT2D eigenvalue weighted by Gasteiger charge is 2.17. The molecule has 0 aliphatic carbocycles. The van der Waals surface area contributed by atoms with Crippen molar-refractivity contribution in [1.29, 1.82) is 0 Å². The molecule has 0 aliphatic heterocycles. The zero-order valence-electron chi connectivity index (χ0n) is 19.3. The lowest BCUT2D eigenvalue weighted by Gasteiger charge is -2.12. The lowest BCUT2D eigenvalue weighted by atomic mass is 10.1. The molecule has 7 nitrogen and oxygen atoms in total. The third kappa shape index (κ3) is 6.68. The van der Waals surface area contributed by atoms with E-state index in [-0.39, 0.29) is 12.4 Å². The van der Waals surface area contributed by atoms with E-state index >= 15 is 0 Å². The zero-order chi connectivity index (χ0) is 24.7. The van der Waals surface area contributed by atoms with Crippen molar-refractivity contribution in [1.82, 2.24) is 5.43 Å². The molecule has 0 aromatic heterocycles. The van der Waals surface area contributed by atoms with Crippen LogP contribution in [0, 0.1) is 20.8 Å². The number of hydrazone groups is 1. The van der Waals surface area contributed by atoms with Crippen molar-refractivity contribution < 1.29 is 23.8 Å². The third-order valence-electron chi connectivity index (χ3n) is 4.83. The Kier molecular flexibility index (Phi) is 8.43. The number of ether oxygens (including phenoxy) is 3. The summed E-state index contributed by atoms with van der Waals surface area (Å²) in [4.78, 5) is 24.6. The normalized spacial score (nSPS) is 10.7. The highest BCUT2D eigenvalue weighted by atomic mass is 79.9. The third-order valence-corrected chi connectivity index (χ3v) is 5.41. The van der Waals surface area contributed by atoms with Crippen LogP contribution in [0.3, 0.4) is 0 Å². The summed E-state index contributed by atoms with van der Waals surface area (Å²) < 4.78 is 17.0. The maximum atomic E-state index is 12.5. The number of methoxy groups -OCH3 is 1. The van der Waals surface area contributed by atoms with Gasteiger partial charge < -0.3 is 14.2 Å². The Hall–Kier alpha value is -3.65. The van der Waals surface area contributed by atoms with Gasteiger partial charge in [-0.25, -0.2) is 10.2 Å². The van der Waals surface area contributed by atoms with Gasteiger partial charge in [0.05, 0.1) is 23.4 Å². The van der Waals surface area contributed by atoms with E-state index in [1.165, 1.54) is 13.3 Å². The molecule has 0 unspecified atom stereocenters. The van der Waals surface area contributed by atoms with Crippen LogP contribution < -0.4 is 19.6 Å². The molecule has 1 amide bonds. The molecule has 0 saturated carbocycles. The van der Waals surface area contributed by atoms with Gasteiger partial charge in [-0.1, -0.05) is 35.4 Å². The first-order chi connectivity index (χ1) is 16.3. The lowest BCUT2D eigenvalue weighted by Crippen LogP contribution is -2.24. The van der Waals surface area contributed by atoms with Crippen molar-refractivity contribution in [3.8, 4) is 17.2 Å². The van der Waals surface area contributed by atoms with Crippen molar-refractivity contribution in [3.05, 3.63) is 86.9 Å². The predicted octanol–water partition coefficient (Wildman–Crippen LogP) is 5.13. The van der Waals surface area contributed by atoms with Crippen LogP contribution in [0.25, 0.3) is 0 Å². The van der Waals surface area contributed by atoms with Crippen molar-refractivity contribution in [3.63, 3.8) is 0 Å². The molecule has 8 heteroatoms. The van der Waals surface area contributed by atoms with E-state index in [4.69, 9.17) is 14.2 Å². The van der Waals surface area contributed by atoms with Crippen molar-refractivity contribution >= 4 is 34.0 Å². The summed E-state index contributed by atoms with van der Waals surface area (Å²) >= 11 is 3.41. The zero-order valence-corrected chi connectivity index (χ0v) is 20.9. The molecule has 3 aromatic rings. The smallest absolute Gasteiger partial charge is 0.343 e. The second-order valence-corrected chi connectivity index (χ2v) is 8.49. The van der Waals surface area contributed by atoms with Crippen LogP contribution in [0.15, 0.2) is 64.2 Å². The summed E-state index contributed by atoms with van der Waals surface area (Å²) in [6, 6.07) is 16.2. The Labute approximate surface area is 206 Å². The lowest BCUT2D eigenvalue weighted by molar-refractivity contribution is -0.123. The number of esters is 1. The van der Waals surface area contributed by atoms with Gasteiger partial charge in [0.2, 0.25) is 0 Å². The number of amides is 1. The van der Waals surface area contributed by atoms with Crippen molar-refractivity contribution in [2.75, 3.05) is 13.7 Å². The average molecular weight is 525 g/mol. The Balaban J connectivity index is 1.62. The second-order valence-electron chi connectivity index (χ2n) is 7.64. The number of carbonyl (C=O) groups is 2. The van der Waals surface area contributed by atoms with Gasteiger partial charge in [-0.05, 0) is 78.2 Å². The predicted molar refractivity (Wildman–Crippen MR) is 134 cm³/mol. The van der Waals surface area contributed by atoms with Gasteiger partial charge in [-0.2, -0.15) is 5.10 Å². The highest BCUT2D eigenvalue weighted by Crippen LogP contribution is 2.36. The summed E-state index contributed by atoms with van der Waals surface area (Å²) in [5.41, 5.74) is 6.59. The highest BCUT2D eigenvalue weighted by molar-refractivity contribution is 9.10. The first-order valence-corrected chi connectivity index (χ1v) is 11.2. The average Bonchev–Trinajstić information content (AvgIpc) is 2.80. The van der Waals surface area contributed by atoms with Gasteiger partial charge in [0.15, 0.2) is 18.1 Å². The fourth-order valence-corrected chi connectivity index (χ4v) is 3.61. The van der Waals surface area contributed by atoms with Crippen LogP contribution in [0.5, 0.6) is 17.2 Å². The van der Waals surface area contributed by atoms with Gasteiger partial charge in [0.1, 0.15) is 5.75 Å². The number of rotatable bonds is 8. The minimum Gasteiger partial charge on any atom is -0.493 e. The van der Waals surface area contributed by atoms with Gasteiger partial charge >= 0.3 is 5.97 Å². The van der Waals surface area contributed by atoms with Crippen LogP contribution in [0.2, 0.25) is 0 Å². The summed E-state index contributed by atoms with van der Waals surface area (Å²) in [5.74, 6) is 0.327. The summed E-state index contributed by atoms with van der Waals surface area (Å²) in [7, 11) is 1.47. The minimum absolute atomic E-state index is 0.165. The minimum atomic E-state index is -0.503. The van der Waals surface area contributed by atoms with Crippen LogP contribution in [-0.2, 0) is 4.79 Å². The summed E-state index contributed by atoms with van der Waals surface area (Å²) in [5, 5.41) is 3.96. The van der Waals surface area contributed by atoms with Crippen molar-refractivity contribution in [2.45, 2.75) is 20.8 Å². The Morgan fingerprint density at radius 2 is 1.68 bits per heavy atom. The Morgan fingerprint density at radius 3 is 2.35 bits per heavy atom. The number of hydrogen-bond donors (Lipinski definition) is 1. The van der Waals surface area contributed by atoms with E-state index in [1.54, 1.807) is 24.3 Å². The molecule has 176 valence electrons. The topological polar surface area (TPSA) is 86.2 Å². The maximum absolute atomic E-state index is 12.5. The number of benzene rings is 3. The summed E-state index contributed by atoms with van der Waals surface area (Å²) in [6.07, 6.45) is 1.45. The first kappa shape index (κ1) is 25.0. The molecule has 1 N–H and O–H groups in total. The molecule has 0 bridgehead atoms. The Morgan fingerprint density at radius 1 is 0.971 bits per heavy atom. The molecule has 0 heterocycles. The number of carbonyl (C=O) groups excluding carboxylic acids is 2. The van der Waals surface area contributed by atoms with Gasteiger partial charge in [0.25, 0.3) is 5.91 Å². The molecular weight excluding hydrogens is 500 g/mol. The molecule has 0 saturated heterocycles. The van der Waals surface area contributed by atoms with E-state index in [2.05, 4.69) is 26.5 Å². The monoisotopic (exact) mass is 524 g/mol. The molecule has 3 aromatic carbocycles. The SMILES string of the molecule is COc1cc(C=NNC(=O)COc2ccc(C)cc2C)cc(Br)c1OC(=O)c1ccc(C)cc1. The number of nitrogens with zero attached hydrogens (tertiary/aromatic N) is 1. The molecule has 34 heavy (non-hydrogen) atoms. The molecule has 0 aliphatic rings. The number of aryl methyl sites for hydroxylation is 3. The second kappa shape index (κ2) is 11.5. The molecule has 0 atom stereocenters.